The number of ether oxygens (including phenoxy) is 1. The number of amides is 1. The van der Waals surface area contributed by atoms with Crippen molar-refractivity contribution in [3.63, 3.8) is 0 Å². The second-order valence-electron chi connectivity index (χ2n) is 7.50. The number of methoxy groups -OCH3 is 1. The number of hydrogen-bond donors (Lipinski definition) is 1. The third-order valence-electron chi connectivity index (χ3n) is 5.29. The highest BCUT2D eigenvalue weighted by molar-refractivity contribution is 6.32. The molecule has 0 unspecified atom stereocenters. The lowest BCUT2D eigenvalue weighted by molar-refractivity contribution is -0.116. The van der Waals surface area contributed by atoms with Crippen molar-refractivity contribution in [1.29, 1.82) is 0 Å². The number of benzene rings is 2. The molecule has 0 atom stereocenters. The van der Waals surface area contributed by atoms with E-state index in [0.717, 1.165) is 22.3 Å². The average Bonchev–Trinajstić information content (AvgIpc) is 3.12. The van der Waals surface area contributed by atoms with Crippen LogP contribution in [0.2, 0.25) is 5.02 Å². The Balaban J connectivity index is 1.65. The van der Waals surface area contributed by atoms with Crippen molar-refractivity contribution in [2.45, 2.75) is 26.8 Å². The van der Waals surface area contributed by atoms with Gasteiger partial charge in [-0.2, -0.15) is 5.10 Å². The van der Waals surface area contributed by atoms with Gasteiger partial charge in [0.1, 0.15) is 11.4 Å². The van der Waals surface area contributed by atoms with Gasteiger partial charge in [-0.05, 0) is 49.7 Å². The van der Waals surface area contributed by atoms with Gasteiger partial charge in [0, 0.05) is 30.1 Å². The summed E-state index contributed by atoms with van der Waals surface area (Å²) in [7, 11) is 1.53. The number of carbonyl (C=O) groups excluding carboxylic acids is 1. The van der Waals surface area contributed by atoms with Crippen molar-refractivity contribution in [2.24, 2.45) is 0 Å². The molecular formula is C24H23ClN4O3. The van der Waals surface area contributed by atoms with E-state index in [1.165, 1.54) is 7.11 Å². The molecule has 0 radical (unpaired) electrons. The zero-order valence-electron chi connectivity index (χ0n) is 18.1. The Morgan fingerprint density at radius 2 is 1.88 bits per heavy atom. The third-order valence-corrected chi connectivity index (χ3v) is 5.59. The summed E-state index contributed by atoms with van der Waals surface area (Å²) in [5.41, 5.74) is 3.60. The normalized spacial score (nSPS) is 11.0. The highest BCUT2D eigenvalue weighted by Crippen LogP contribution is 2.27. The zero-order chi connectivity index (χ0) is 22.8. The summed E-state index contributed by atoms with van der Waals surface area (Å²) in [6.45, 7) is 4.03. The fourth-order valence-corrected chi connectivity index (χ4v) is 4.07. The number of nitrogens with one attached hydrogen (secondary N) is 1. The Morgan fingerprint density at radius 1 is 1.12 bits per heavy atom. The molecule has 0 aliphatic heterocycles. The van der Waals surface area contributed by atoms with Gasteiger partial charge in [0.25, 0.3) is 5.56 Å². The van der Waals surface area contributed by atoms with Crippen molar-refractivity contribution in [3.8, 4) is 11.4 Å². The minimum atomic E-state index is -0.227. The first-order chi connectivity index (χ1) is 15.4. The molecule has 1 N–H and O–H groups in total. The van der Waals surface area contributed by atoms with Crippen LogP contribution in [0.5, 0.6) is 5.75 Å². The van der Waals surface area contributed by atoms with Crippen molar-refractivity contribution in [3.05, 3.63) is 81.2 Å². The molecule has 0 bridgehead atoms. The van der Waals surface area contributed by atoms with Crippen LogP contribution in [0.4, 0.5) is 5.69 Å². The van der Waals surface area contributed by atoms with Gasteiger partial charge in [0.05, 0.1) is 23.5 Å². The molecule has 0 aliphatic rings. The van der Waals surface area contributed by atoms with E-state index in [0.29, 0.717) is 22.1 Å². The minimum Gasteiger partial charge on any atom is -0.495 e. The van der Waals surface area contributed by atoms with Gasteiger partial charge in [-0.1, -0.05) is 29.8 Å². The second kappa shape index (κ2) is 8.88. The number of nitrogens with zero attached hydrogens (tertiary/aromatic N) is 3. The van der Waals surface area contributed by atoms with Crippen LogP contribution in [0.25, 0.3) is 16.7 Å². The van der Waals surface area contributed by atoms with Gasteiger partial charge in [-0.25, -0.2) is 4.68 Å². The van der Waals surface area contributed by atoms with Gasteiger partial charge < -0.3 is 10.1 Å². The van der Waals surface area contributed by atoms with Crippen LogP contribution >= 0.6 is 11.6 Å². The molecule has 0 saturated heterocycles. The fraction of sp³-hybridized carbons (Fsp3) is 0.208. The Hall–Kier alpha value is -3.58. The van der Waals surface area contributed by atoms with E-state index in [2.05, 4.69) is 10.4 Å². The third kappa shape index (κ3) is 4.11. The lowest BCUT2D eigenvalue weighted by Gasteiger charge is -2.13. The van der Waals surface area contributed by atoms with E-state index in [-0.39, 0.29) is 24.4 Å². The van der Waals surface area contributed by atoms with Crippen LogP contribution in [0, 0.1) is 13.8 Å². The molecule has 0 spiro atoms. The van der Waals surface area contributed by atoms with Crippen molar-refractivity contribution in [2.75, 3.05) is 12.4 Å². The fourth-order valence-electron chi connectivity index (χ4n) is 3.81. The molecule has 1 amide bonds. The first kappa shape index (κ1) is 21.6. The molecule has 164 valence electrons. The van der Waals surface area contributed by atoms with Crippen LogP contribution in [0.1, 0.15) is 17.7 Å². The average molecular weight is 451 g/mol. The molecule has 2 heterocycles. The maximum absolute atomic E-state index is 12.9. The van der Waals surface area contributed by atoms with Crippen LogP contribution in [0.3, 0.4) is 0 Å². The van der Waals surface area contributed by atoms with Crippen LogP contribution in [0.15, 0.2) is 59.4 Å². The molecule has 0 saturated carbocycles. The Labute approximate surface area is 190 Å². The molecular weight excluding hydrogens is 428 g/mol. The maximum atomic E-state index is 12.9. The lowest BCUT2D eigenvalue weighted by Crippen LogP contribution is -2.25. The molecule has 0 fully saturated rings. The molecule has 7 nitrogen and oxygen atoms in total. The van der Waals surface area contributed by atoms with Gasteiger partial charge in [0.2, 0.25) is 5.91 Å². The number of halogens is 1. The summed E-state index contributed by atoms with van der Waals surface area (Å²) < 4.78 is 8.50. The Bertz CT molecular complexity index is 1360. The van der Waals surface area contributed by atoms with Gasteiger partial charge >= 0.3 is 0 Å². The van der Waals surface area contributed by atoms with Crippen molar-refractivity contribution in [1.82, 2.24) is 14.3 Å². The SMILES string of the molecule is COc1ccc(NC(=O)CCn2c(=O)cc(C)c3c(C)nn(-c4ccccc4)c32)cc1Cl. The largest absolute Gasteiger partial charge is 0.495 e. The van der Waals surface area contributed by atoms with Gasteiger partial charge in [-0.3, -0.25) is 14.2 Å². The van der Waals surface area contributed by atoms with E-state index in [4.69, 9.17) is 16.3 Å². The lowest BCUT2D eigenvalue weighted by atomic mass is 10.1. The molecule has 2 aromatic carbocycles. The molecule has 0 aliphatic carbocycles. The van der Waals surface area contributed by atoms with E-state index in [1.807, 2.05) is 44.2 Å². The van der Waals surface area contributed by atoms with Crippen LogP contribution in [-0.4, -0.2) is 27.4 Å². The highest BCUT2D eigenvalue weighted by Gasteiger charge is 2.17. The smallest absolute Gasteiger partial charge is 0.252 e. The maximum Gasteiger partial charge on any atom is 0.252 e. The highest BCUT2D eigenvalue weighted by atomic mass is 35.5. The summed E-state index contributed by atoms with van der Waals surface area (Å²) in [4.78, 5) is 25.5. The second-order valence-corrected chi connectivity index (χ2v) is 7.90. The summed E-state index contributed by atoms with van der Waals surface area (Å²) in [6, 6.07) is 16.3. The van der Waals surface area contributed by atoms with Gasteiger partial charge in [-0.15, -0.1) is 0 Å². The predicted molar refractivity (Wildman–Crippen MR) is 126 cm³/mol. The molecule has 8 heteroatoms. The number of aryl methyl sites for hydroxylation is 3. The first-order valence-corrected chi connectivity index (χ1v) is 10.6. The summed E-state index contributed by atoms with van der Waals surface area (Å²) in [5.74, 6) is 0.303. The van der Waals surface area contributed by atoms with Gasteiger partial charge in [0.15, 0.2) is 0 Å². The number of rotatable bonds is 6. The van der Waals surface area contributed by atoms with Crippen molar-refractivity contribution >= 4 is 34.2 Å². The summed E-state index contributed by atoms with van der Waals surface area (Å²) in [5, 5.41) is 8.81. The summed E-state index contributed by atoms with van der Waals surface area (Å²) in [6.07, 6.45) is 0.112. The molecule has 4 aromatic rings. The number of pyridine rings is 1. The van der Waals surface area contributed by atoms with E-state index < -0.39 is 0 Å². The number of para-hydroxylation sites is 1. The number of fused-ring (bicyclic) bond motifs is 1. The van der Waals surface area contributed by atoms with Crippen molar-refractivity contribution < 1.29 is 9.53 Å². The number of carbonyl (C=O) groups is 1. The number of aromatic nitrogens is 3. The molecule has 2 aromatic heterocycles. The topological polar surface area (TPSA) is 78.2 Å². The Kier molecular flexibility index (Phi) is 6.01. The Morgan fingerprint density at radius 3 is 2.56 bits per heavy atom. The van der Waals surface area contributed by atoms with E-state index in [9.17, 15) is 9.59 Å². The molecule has 4 rings (SSSR count). The predicted octanol–water partition coefficient (Wildman–Crippen LogP) is 4.49. The standard InChI is InChI=1S/C24H23ClN4O3/c1-15-13-22(31)28(12-11-21(30)26-17-9-10-20(32-3)19(25)14-17)24-23(15)16(2)27-29(24)18-7-5-4-6-8-18/h4-10,13-14H,11-12H2,1-3H3,(H,26,30). The first-order valence-electron chi connectivity index (χ1n) is 10.2. The van der Waals surface area contributed by atoms with E-state index in [1.54, 1.807) is 33.5 Å². The van der Waals surface area contributed by atoms with Crippen LogP contribution < -0.4 is 15.6 Å². The summed E-state index contributed by atoms with van der Waals surface area (Å²) >= 11 is 6.13. The van der Waals surface area contributed by atoms with Crippen LogP contribution in [-0.2, 0) is 11.3 Å². The molecule has 32 heavy (non-hydrogen) atoms. The quantitative estimate of drug-likeness (QED) is 0.469. The zero-order valence-corrected chi connectivity index (χ0v) is 18.8. The number of hydrogen-bond acceptors (Lipinski definition) is 4. The monoisotopic (exact) mass is 450 g/mol. The van der Waals surface area contributed by atoms with E-state index >= 15 is 0 Å². The minimum absolute atomic E-state index is 0.112. The number of anilines is 1.